The topological polar surface area (TPSA) is 37.3 Å². The number of aliphatic carboxylic acids is 1. The molecule has 0 atom stereocenters. The van der Waals surface area contributed by atoms with Crippen molar-refractivity contribution < 1.29 is 9.90 Å². The zero-order valence-electron chi connectivity index (χ0n) is 15.6. The van der Waals surface area contributed by atoms with E-state index in [1.54, 1.807) is 0 Å². The van der Waals surface area contributed by atoms with Crippen LogP contribution in [-0.4, -0.2) is 11.1 Å². The van der Waals surface area contributed by atoms with Gasteiger partial charge in [0.25, 0.3) is 0 Å². The van der Waals surface area contributed by atoms with Gasteiger partial charge in [-0.15, -0.1) is 0 Å². The number of carboxylic acids is 1. The molecule has 0 saturated heterocycles. The van der Waals surface area contributed by atoms with Crippen LogP contribution in [0.1, 0.15) is 56.4 Å². The number of carbonyl (C=O) groups is 1. The Hall–Kier alpha value is -2.32. The van der Waals surface area contributed by atoms with Crippen LogP contribution < -0.4 is 0 Å². The highest BCUT2D eigenvalue weighted by atomic mass is 35.5. The van der Waals surface area contributed by atoms with Gasteiger partial charge in [-0.2, -0.15) is 0 Å². The molecule has 1 N–H and O–H groups in total. The summed E-state index contributed by atoms with van der Waals surface area (Å²) in [5, 5.41) is 9.90. The largest absolute Gasteiger partial charge is 0.481 e. The second-order valence-electron chi connectivity index (χ2n) is 7.79. The van der Waals surface area contributed by atoms with Crippen LogP contribution in [0.2, 0.25) is 5.02 Å². The van der Waals surface area contributed by atoms with E-state index in [-0.39, 0.29) is 11.8 Å². The van der Waals surface area contributed by atoms with Crippen LogP contribution in [0, 0.1) is 0 Å². The summed E-state index contributed by atoms with van der Waals surface area (Å²) >= 11 is 6.15. The van der Waals surface area contributed by atoms with E-state index in [0.29, 0.717) is 5.02 Å². The van der Waals surface area contributed by atoms with Crippen LogP contribution in [0.5, 0.6) is 0 Å². The molecule has 0 radical (unpaired) electrons. The van der Waals surface area contributed by atoms with Crippen LogP contribution in [0.15, 0.2) is 48.0 Å². The van der Waals surface area contributed by atoms with Gasteiger partial charge in [0.1, 0.15) is 0 Å². The molecule has 2 aromatic carbocycles. The number of rotatable bonds is 3. The Balaban J connectivity index is 2.08. The summed E-state index contributed by atoms with van der Waals surface area (Å²) in [7, 11) is 0. The van der Waals surface area contributed by atoms with Crippen LogP contribution in [0.3, 0.4) is 0 Å². The van der Waals surface area contributed by atoms with E-state index in [2.05, 4.69) is 51.1 Å². The molecule has 0 saturated carbocycles. The zero-order valence-corrected chi connectivity index (χ0v) is 16.3. The summed E-state index contributed by atoms with van der Waals surface area (Å²) < 4.78 is 0. The minimum absolute atomic E-state index is 0.000518. The van der Waals surface area contributed by atoms with Gasteiger partial charge in [-0.05, 0) is 69.5 Å². The summed E-state index contributed by atoms with van der Waals surface area (Å²) in [4.78, 5) is 11.3. The van der Waals surface area contributed by atoms with E-state index in [9.17, 15) is 9.90 Å². The highest BCUT2D eigenvalue weighted by molar-refractivity contribution is 6.31. The quantitative estimate of drug-likeness (QED) is 0.678. The van der Waals surface area contributed by atoms with Gasteiger partial charge in [0.15, 0.2) is 0 Å². The molecule has 1 aliphatic carbocycles. The van der Waals surface area contributed by atoms with Crippen molar-refractivity contribution in [2.45, 2.75) is 39.5 Å². The highest BCUT2D eigenvalue weighted by Crippen LogP contribution is 2.44. The Morgan fingerprint density at radius 1 is 1.08 bits per heavy atom. The molecule has 0 bridgehead atoms. The average molecular weight is 367 g/mol. The number of hydrogen-bond acceptors (Lipinski definition) is 1. The van der Waals surface area contributed by atoms with E-state index in [1.165, 1.54) is 5.56 Å². The minimum Gasteiger partial charge on any atom is -0.481 e. The maximum absolute atomic E-state index is 11.3. The molecule has 3 rings (SSSR count). The number of benzene rings is 2. The van der Waals surface area contributed by atoms with Crippen LogP contribution >= 0.6 is 11.6 Å². The van der Waals surface area contributed by atoms with Crippen molar-refractivity contribution in [3.05, 3.63) is 75.3 Å². The lowest BCUT2D eigenvalue weighted by Crippen LogP contribution is -2.10. The zero-order chi connectivity index (χ0) is 19.1. The number of hydrogen-bond donors (Lipinski definition) is 1. The summed E-state index contributed by atoms with van der Waals surface area (Å²) in [6.07, 6.45) is 2.13. The SMILES string of the molecule is CC1=C(CC(=O)O)c2cc(Cl)ccc2/C1=C\c1ccc(C(C)(C)C)cc1. The van der Waals surface area contributed by atoms with Gasteiger partial charge in [-0.1, -0.05) is 62.7 Å². The maximum atomic E-state index is 11.3. The lowest BCUT2D eigenvalue weighted by atomic mass is 9.86. The molecule has 1 aliphatic rings. The minimum atomic E-state index is -0.832. The first kappa shape index (κ1) is 18.5. The molecule has 0 aromatic heterocycles. The van der Waals surface area contributed by atoms with Crippen LogP contribution in [0.25, 0.3) is 17.2 Å². The van der Waals surface area contributed by atoms with E-state index in [0.717, 1.165) is 33.4 Å². The smallest absolute Gasteiger partial charge is 0.307 e. The third-order valence-electron chi connectivity index (χ3n) is 4.87. The van der Waals surface area contributed by atoms with Crippen molar-refractivity contribution in [3.63, 3.8) is 0 Å². The second kappa shape index (κ2) is 6.77. The van der Waals surface area contributed by atoms with Gasteiger partial charge in [0.05, 0.1) is 6.42 Å². The Labute approximate surface area is 159 Å². The molecule has 134 valence electrons. The van der Waals surface area contributed by atoms with Gasteiger partial charge in [-0.3, -0.25) is 4.79 Å². The molecule has 26 heavy (non-hydrogen) atoms. The van der Waals surface area contributed by atoms with E-state index >= 15 is 0 Å². The van der Waals surface area contributed by atoms with Crippen molar-refractivity contribution in [2.24, 2.45) is 0 Å². The molecule has 2 aromatic rings. The molecule has 2 nitrogen and oxygen atoms in total. The first-order valence-corrected chi connectivity index (χ1v) is 9.09. The predicted octanol–water partition coefficient (Wildman–Crippen LogP) is 6.44. The van der Waals surface area contributed by atoms with Crippen molar-refractivity contribution in [1.82, 2.24) is 0 Å². The number of allylic oxidation sites excluding steroid dienone is 2. The standard InChI is InChI=1S/C23H23ClO2/c1-14-19(11-15-5-7-16(8-6-15)23(2,3)4)18-10-9-17(24)12-21(18)20(14)13-22(25)26/h5-12H,13H2,1-4H3,(H,25,26)/b19-11-. The van der Waals surface area contributed by atoms with E-state index in [1.807, 2.05) is 25.1 Å². The summed E-state index contributed by atoms with van der Waals surface area (Å²) in [6, 6.07) is 14.2. The maximum Gasteiger partial charge on any atom is 0.307 e. The predicted molar refractivity (Wildman–Crippen MR) is 109 cm³/mol. The van der Waals surface area contributed by atoms with Crippen molar-refractivity contribution >= 4 is 34.8 Å². The van der Waals surface area contributed by atoms with Gasteiger partial charge < -0.3 is 5.11 Å². The summed E-state index contributed by atoms with van der Waals surface area (Å²) in [5.74, 6) is -0.832. The molecule has 0 unspecified atom stereocenters. The molecular weight excluding hydrogens is 344 g/mol. The Morgan fingerprint density at radius 3 is 2.31 bits per heavy atom. The van der Waals surface area contributed by atoms with Crippen molar-refractivity contribution in [1.29, 1.82) is 0 Å². The Kier molecular flexibility index (Phi) is 4.81. The summed E-state index contributed by atoms with van der Waals surface area (Å²) in [6.45, 7) is 8.58. The van der Waals surface area contributed by atoms with Gasteiger partial charge in [0.2, 0.25) is 0 Å². The number of halogens is 1. The molecule has 0 aliphatic heterocycles. The van der Waals surface area contributed by atoms with Gasteiger partial charge >= 0.3 is 5.97 Å². The third kappa shape index (κ3) is 3.61. The van der Waals surface area contributed by atoms with E-state index < -0.39 is 5.97 Å². The normalized spacial score (nSPS) is 15.5. The lowest BCUT2D eigenvalue weighted by Gasteiger charge is -2.18. The first-order chi connectivity index (χ1) is 12.2. The molecule has 0 spiro atoms. The fourth-order valence-corrected chi connectivity index (χ4v) is 3.55. The molecule has 0 amide bonds. The van der Waals surface area contributed by atoms with Crippen LogP contribution in [0.4, 0.5) is 0 Å². The van der Waals surface area contributed by atoms with Gasteiger partial charge in [0, 0.05) is 5.02 Å². The monoisotopic (exact) mass is 366 g/mol. The van der Waals surface area contributed by atoms with Gasteiger partial charge in [-0.25, -0.2) is 0 Å². The highest BCUT2D eigenvalue weighted by Gasteiger charge is 2.25. The number of carboxylic acid groups (broad SMARTS) is 1. The first-order valence-electron chi connectivity index (χ1n) is 8.71. The molecule has 0 heterocycles. The molecule has 3 heteroatoms. The summed E-state index contributed by atoms with van der Waals surface area (Å²) in [5.41, 5.74) is 7.39. The third-order valence-corrected chi connectivity index (χ3v) is 5.10. The Morgan fingerprint density at radius 2 is 1.73 bits per heavy atom. The number of fused-ring (bicyclic) bond motifs is 1. The average Bonchev–Trinajstić information content (AvgIpc) is 2.79. The Bertz CT molecular complexity index is 926. The second-order valence-corrected chi connectivity index (χ2v) is 8.23. The van der Waals surface area contributed by atoms with Crippen LogP contribution in [-0.2, 0) is 10.2 Å². The fourth-order valence-electron chi connectivity index (χ4n) is 3.38. The molecular formula is C23H23ClO2. The lowest BCUT2D eigenvalue weighted by molar-refractivity contribution is -0.135. The molecule has 0 fully saturated rings. The van der Waals surface area contributed by atoms with E-state index in [4.69, 9.17) is 11.6 Å². The van der Waals surface area contributed by atoms with Crippen molar-refractivity contribution in [3.8, 4) is 0 Å². The van der Waals surface area contributed by atoms with Crippen molar-refractivity contribution in [2.75, 3.05) is 0 Å². The fraction of sp³-hybridized carbons (Fsp3) is 0.261.